The molecule has 0 spiro atoms. The Bertz CT molecular complexity index is 1120. The van der Waals surface area contributed by atoms with Crippen LogP contribution in [0.5, 0.6) is 5.75 Å². The molecule has 4 N–H and O–H groups in total. The number of carbonyl (C=O) groups excluding carboxylic acids is 1. The van der Waals surface area contributed by atoms with Crippen molar-refractivity contribution >= 4 is 33.0 Å². The smallest absolute Gasteiger partial charge is 0.387 e. The second-order valence-electron chi connectivity index (χ2n) is 8.89. The van der Waals surface area contributed by atoms with E-state index < -0.39 is 28.2 Å². The molecule has 1 unspecified atom stereocenters. The third kappa shape index (κ3) is 6.72. The molecule has 0 aliphatic heterocycles. The summed E-state index contributed by atoms with van der Waals surface area (Å²) in [6.45, 7) is 9.34. The summed E-state index contributed by atoms with van der Waals surface area (Å²) >= 11 is 1.03. The predicted octanol–water partition coefficient (Wildman–Crippen LogP) is 6.06. The van der Waals surface area contributed by atoms with E-state index in [2.05, 4.69) is 14.4 Å². The van der Waals surface area contributed by atoms with E-state index in [9.17, 15) is 22.9 Å². The molecular weight excluding hydrogens is 472 g/mol. The quantitative estimate of drug-likeness (QED) is 0.426. The number of thiophene rings is 1. The fraction of sp³-hybridized carbons (Fsp3) is 0.500. The van der Waals surface area contributed by atoms with E-state index in [0.29, 0.717) is 27.3 Å². The highest BCUT2D eigenvalue weighted by Crippen LogP contribution is 2.38. The molecule has 2 amide bonds. The Morgan fingerprint density at radius 3 is 2.09 bits per heavy atom. The van der Waals surface area contributed by atoms with Gasteiger partial charge in [-0.25, -0.2) is 14.1 Å². The van der Waals surface area contributed by atoms with Crippen LogP contribution in [0.25, 0.3) is 0 Å². The number of nitrogens with two attached hydrogens (primary N) is 1. The number of carbonyl (C=O) groups is 1. The summed E-state index contributed by atoms with van der Waals surface area (Å²) in [6, 6.07) is 3.50. The highest BCUT2D eigenvalue weighted by molar-refractivity contribution is 7.93. The van der Waals surface area contributed by atoms with E-state index in [1.54, 1.807) is 26.8 Å². The molecule has 7 nitrogen and oxygen atoms in total. The Labute approximate surface area is 197 Å². The van der Waals surface area contributed by atoms with Crippen molar-refractivity contribution in [3.63, 3.8) is 0 Å². The summed E-state index contributed by atoms with van der Waals surface area (Å²) in [7, 11) is -3.59. The Morgan fingerprint density at radius 2 is 1.70 bits per heavy atom. The molecule has 0 bridgehead atoms. The lowest BCUT2D eigenvalue weighted by atomic mass is 9.92. The van der Waals surface area contributed by atoms with Gasteiger partial charge in [0.15, 0.2) is 9.92 Å². The Balaban J connectivity index is 2.51. The molecule has 0 aliphatic carbocycles. The molecule has 0 aliphatic rings. The van der Waals surface area contributed by atoms with Crippen LogP contribution in [0.1, 0.15) is 74.9 Å². The van der Waals surface area contributed by atoms with Crippen molar-refractivity contribution in [1.29, 1.82) is 0 Å². The van der Waals surface area contributed by atoms with Gasteiger partial charge in [0, 0.05) is 10.6 Å². The number of alkyl halides is 2. The predicted molar refractivity (Wildman–Crippen MR) is 128 cm³/mol. The van der Waals surface area contributed by atoms with E-state index in [-0.39, 0.29) is 21.8 Å². The number of ether oxygens (including phenoxy) is 1. The summed E-state index contributed by atoms with van der Waals surface area (Å²) in [5, 5.41) is 18.8. The fourth-order valence-corrected chi connectivity index (χ4v) is 5.86. The van der Waals surface area contributed by atoms with Crippen molar-refractivity contribution in [3.8, 4) is 5.75 Å². The van der Waals surface area contributed by atoms with Gasteiger partial charge >= 0.3 is 12.6 Å². The molecular formula is C22H31F2N3O4S2. The number of nitrogens with zero attached hydrogens (tertiary/aromatic N) is 1. The first-order chi connectivity index (χ1) is 15.0. The number of rotatable bonds is 7. The van der Waals surface area contributed by atoms with Gasteiger partial charge in [0.05, 0.1) is 5.60 Å². The molecule has 0 saturated carbocycles. The Kier molecular flexibility index (Phi) is 8.27. The highest BCUT2D eigenvalue weighted by atomic mass is 32.2. The van der Waals surface area contributed by atoms with Crippen LogP contribution in [0.2, 0.25) is 0 Å². The summed E-state index contributed by atoms with van der Waals surface area (Å²) in [4.78, 5) is 13.3. The van der Waals surface area contributed by atoms with E-state index in [1.807, 2.05) is 27.7 Å². The number of hydrogen-bond donors (Lipinski definition) is 3. The second kappa shape index (κ2) is 10.0. The minimum absolute atomic E-state index is 0.0110. The van der Waals surface area contributed by atoms with Crippen molar-refractivity contribution in [2.45, 2.75) is 76.7 Å². The molecule has 2 aromatic rings. The van der Waals surface area contributed by atoms with Gasteiger partial charge in [-0.05, 0) is 67.5 Å². The Morgan fingerprint density at radius 1 is 1.18 bits per heavy atom. The molecule has 2 rings (SSSR count). The third-order valence-corrected chi connectivity index (χ3v) is 8.27. The van der Waals surface area contributed by atoms with Gasteiger partial charge < -0.3 is 15.2 Å². The monoisotopic (exact) mass is 503 g/mol. The third-order valence-electron chi connectivity index (χ3n) is 4.83. The molecule has 1 heterocycles. The molecule has 1 aromatic heterocycles. The van der Waals surface area contributed by atoms with Gasteiger partial charge in [0.2, 0.25) is 0 Å². The molecule has 184 valence electrons. The summed E-state index contributed by atoms with van der Waals surface area (Å²) in [6.07, 6.45) is 0. The molecule has 1 atom stereocenters. The van der Waals surface area contributed by atoms with Crippen LogP contribution in [0, 0.1) is 6.92 Å². The van der Waals surface area contributed by atoms with Crippen molar-refractivity contribution in [1.82, 2.24) is 0 Å². The fourth-order valence-electron chi connectivity index (χ4n) is 3.39. The normalized spacial score (nSPS) is 14.0. The number of nitrogens with one attached hydrogen (secondary N) is 1. The lowest BCUT2D eigenvalue weighted by molar-refractivity contribution is -0.0499. The topological polar surface area (TPSA) is 114 Å². The maximum absolute atomic E-state index is 13.1. The first-order valence-electron chi connectivity index (χ1n) is 10.3. The van der Waals surface area contributed by atoms with E-state index in [1.165, 1.54) is 12.1 Å². The molecule has 0 radical (unpaired) electrons. The largest absolute Gasteiger partial charge is 0.435 e. The van der Waals surface area contributed by atoms with E-state index in [4.69, 9.17) is 5.14 Å². The zero-order valence-electron chi connectivity index (χ0n) is 19.7. The first kappa shape index (κ1) is 27.2. The first-order valence-corrected chi connectivity index (χ1v) is 12.7. The van der Waals surface area contributed by atoms with Gasteiger partial charge in [-0.3, -0.25) is 0 Å². The lowest BCUT2D eigenvalue weighted by Gasteiger charge is -2.21. The molecule has 11 heteroatoms. The van der Waals surface area contributed by atoms with Crippen LogP contribution < -0.4 is 15.2 Å². The zero-order valence-corrected chi connectivity index (χ0v) is 21.4. The SMILES string of the molecule is Cc1cc(S(N)(=O)=NC(=O)Nc2c(C(C)C)cc(OC(F)F)cc2C(C)C)sc1C(C)(C)O. The highest BCUT2D eigenvalue weighted by Gasteiger charge is 2.25. The van der Waals surface area contributed by atoms with Crippen LogP contribution in [0.3, 0.4) is 0 Å². The molecule has 33 heavy (non-hydrogen) atoms. The van der Waals surface area contributed by atoms with Crippen molar-refractivity contribution in [2.24, 2.45) is 9.50 Å². The zero-order chi connectivity index (χ0) is 25.3. The van der Waals surface area contributed by atoms with Gasteiger partial charge in [0.25, 0.3) is 0 Å². The van der Waals surface area contributed by atoms with Gasteiger partial charge in [-0.1, -0.05) is 27.7 Å². The van der Waals surface area contributed by atoms with Gasteiger partial charge in [-0.2, -0.15) is 8.78 Å². The maximum atomic E-state index is 13.1. The number of halogens is 2. The van der Waals surface area contributed by atoms with Crippen molar-refractivity contribution in [3.05, 3.63) is 39.8 Å². The summed E-state index contributed by atoms with van der Waals surface area (Å²) in [5.41, 5.74) is 1.06. The second-order valence-corrected chi connectivity index (χ2v) is 12.0. The van der Waals surface area contributed by atoms with Crippen LogP contribution in [-0.2, 0) is 15.5 Å². The van der Waals surface area contributed by atoms with Gasteiger partial charge in [0.1, 0.15) is 9.96 Å². The number of hydrogen-bond acceptors (Lipinski definition) is 5. The average Bonchev–Trinajstić information content (AvgIpc) is 3.04. The van der Waals surface area contributed by atoms with Gasteiger partial charge in [-0.15, -0.1) is 15.7 Å². The van der Waals surface area contributed by atoms with Crippen LogP contribution in [0.15, 0.2) is 26.8 Å². The van der Waals surface area contributed by atoms with Crippen LogP contribution in [-0.4, -0.2) is 22.0 Å². The summed E-state index contributed by atoms with van der Waals surface area (Å²) < 4.78 is 47.1. The van der Waals surface area contributed by atoms with Crippen molar-refractivity contribution < 1.29 is 27.6 Å². The number of urea groups is 1. The molecule has 0 fully saturated rings. The Hall–Kier alpha value is -2.08. The number of anilines is 1. The maximum Gasteiger partial charge on any atom is 0.387 e. The number of benzene rings is 1. The molecule has 0 saturated heterocycles. The number of aliphatic hydroxyl groups is 1. The number of amides is 2. The van der Waals surface area contributed by atoms with Crippen LogP contribution in [0.4, 0.5) is 19.3 Å². The standard InChI is InChI=1S/C22H31F2N3O4S2/c1-11(2)15-9-14(31-20(23)24)10-16(12(3)4)18(15)26-21(28)27-33(25,30)17-8-13(5)19(32-17)22(6,7)29/h8-12,20,29H,1-7H3,(H3,25,26,27,28,30). The van der Waals surface area contributed by atoms with Crippen molar-refractivity contribution in [2.75, 3.05) is 5.32 Å². The molecule has 1 aromatic carbocycles. The summed E-state index contributed by atoms with van der Waals surface area (Å²) in [5.74, 6) is -0.297. The van der Waals surface area contributed by atoms with Crippen LogP contribution >= 0.6 is 11.3 Å². The van der Waals surface area contributed by atoms with E-state index in [0.717, 1.165) is 11.3 Å². The van der Waals surface area contributed by atoms with E-state index >= 15 is 0 Å². The minimum Gasteiger partial charge on any atom is -0.435 e. The minimum atomic E-state index is -3.59. The number of aryl methyl sites for hydroxylation is 1. The lowest BCUT2D eigenvalue weighted by Crippen LogP contribution is -2.18. The average molecular weight is 504 g/mol.